The molecule has 0 fully saturated rings. The van der Waals surface area contributed by atoms with Crippen LogP contribution in [0.4, 0.5) is 0 Å². The number of rotatable bonds is 6. The van der Waals surface area contributed by atoms with Gasteiger partial charge in [0.2, 0.25) is 6.20 Å². The Bertz CT molecular complexity index is 291. The zero-order valence-electron chi connectivity index (χ0n) is 7.55. The molecule has 0 aliphatic carbocycles. The van der Waals surface area contributed by atoms with E-state index in [0.717, 1.165) is 6.20 Å². The van der Waals surface area contributed by atoms with Crippen molar-refractivity contribution in [3.8, 4) is 0 Å². The fourth-order valence-electron chi connectivity index (χ4n) is 0.781. The molecule has 0 aliphatic heterocycles. The van der Waals surface area contributed by atoms with E-state index in [1.807, 2.05) is 0 Å². The van der Waals surface area contributed by atoms with Crippen molar-refractivity contribution in [1.82, 2.24) is 0 Å². The average Bonchev–Trinajstić information content (AvgIpc) is 2.09. The summed E-state index contributed by atoms with van der Waals surface area (Å²) in [6, 6.07) is 0. The molecule has 0 unspecified atom stereocenters. The predicted octanol–water partition coefficient (Wildman–Crippen LogP) is 1.75. The van der Waals surface area contributed by atoms with Gasteiger partial charge in [-0.05, 0) is 12.0 Å². The lowest BCUT2D eigenvalue weighted by Crippen LogP contribution is -1.95. The Morgan fingerprint density at radius 2 is 2.14 bits per heavy atom. The van der Waals surface area contributed by atoms with Gasteiger partial charge in [0.05, 0.1) is 4.92 Å². The van der Waals surface area contributed by atoms with Crippen molar-refractivity contribution in [3.05, 3.63) is 46.7 Å². The molecule has 1 N–H and O–H groups in total. The first-order valence-corrected chi connectivity index (χ1v) is 3.91. The van der Waals surface area contributed by atoms with Crippen molar-refractivity contribution in [1.29, 1.82) is 0 Å². The minimum atomic E-state index is -0.936. The van der Waals surface area contributed by atoms with Gasteiger partial charge in [0.1, 0.15) is 0 Å². The van der Waals surface area contributed by atoms with E-state index in [-0.39, 0.29) is 12.8 Å². The molecular weight excluding hydrogens is 186 g/mol. The van der Waals surface area contributed by atoms with E-state index >= 15 is 0 Å². The van der Waals surface area contributed by atoms with E-state index in [2.05, 4.69) is 6.58 Å². The molecule has 14 heavy (non-hydrogen) atoms. The van der Waals surface area contributed by atoms with Crippen LogP contribution in [0.2, 0.25) is 0 Å². The van der Waals surface area contributed by atoms with Gasteiger partial charge in [-0.15, -0.1) is 0 Å². The molecule has 0 radical (unpaired) electrons. The number of carboxylic acids is 1. The summed E-state index contributed by atoms with van der Waals surface area (Å²) in [6.45, 7) is 3.43. The lowest BCUT2D eigenvalue weighted by Gasteiger charge is -1.95. The van der Waals surface area contributed by atoms with Crippen molar-refractivity contribution >= 4 is 5.97 Å². The van der Waals surface area contributed by atoms with Gasteiger partial charge in [0.25, 0.3) is 0 Å². The van der Waals surface area contributed by atoms with Gasteiger partial charge < -0.3 is 5.11 Å². The lowest BCUT2D eigenvalue weighted by molar-refractivity contribution is -0.402. The highest BCUT2D eigenvalue weighted by atomic mass is 16.6. The zero-order valence-corrected chi connectivity index (χ0v) is 7.55. The van der Waals surface area contributed by atoms with E-state index in [9.17, 15) is 14.9 Å². The Kier molecular flexibility index (Phi) is 5.69. The molecule has 0 aromatic carbocycles. The number of nitro groups is 1. The smallest absolute Gasteiger partial charge is 0.303 e. The SMILES string of the molecule is C=C/C=C(\C=C\[N+](=O)[O-])CCC(=O)O. The van der Waals surface area contributed by atoms with Crippen LogP contribution in [-0.4, -0.2) is 16.0 Å². The molecule has 5 nitrogen and oxygen atoms in total. The van der Waals surface area contributed by atoms with E-state index in [1.54, 1.807) is 6.08 Å². The molecule has 0 rings (SSSR count). The van der Waals surface area contributed by atoms with Crippen molar-refractivity contribution in [2.45, 2.75) is 12.8 Å². The highest BCUT2D eigenvalue weighted by Gasteiger charge is 1.99. The molecule has 0 spiro atoms. The molecule has 0 saturated heterocycles. The normalized spacial score (nSPS) is 11.6. The number of hydrogen-bond donors (Lipinski definition) is 1. The summed E-state index contributed by atoms with van der Waals surface area (Å²) in [5.41, 5.74) is 0.569. The van der Waals surface area contributed by atoms with E-state index < -0.39 is 10.9 Å². The maximum absolute atomic E-state index is 10.2. The van der Waals surface area contributed by atoms with Crippen LogP contribution in [0.25, 0.3) is 0 Å². The van der Waals surface area contributed by atoms with E-state index in [4.69, 9.17) is 5.11 Å². The van der Waals surface area contributed by atoms with Crippen LogP contribution in [0, 0.1) is 10.1 Å². The third-order valence-corrected chi connectivity index (χ3v) is 1.37. The first-order valence-electron chi connectivity index (χ1n) is 3.91. The van der Waals surface area contributed by atoms with Gasteiger partial charge in [-0.1, -0.05) is 18.7 Å². The molecule has 0 saturated carbocycles. The number of carbonyl (C=O) groups is 1. The van der Waals surface area contributed by atoms with Gasteiger partial charge >= 0.3 is 5.97 Å². The van der Waals surface area contributed by atoms with Gasteiger partial charge in [-0.2, -0.15) is 0 Å². The van der Waals surface area contributed by atoms with Crippen LogP contribution in [0.3, 0.4) is 0 Å². The van der Waals surface area contributed by atoms with Crippen LogP contribution < -0.4 is 0 Å². The number of aliphatic carboxylic acids is 1. The lowest BCUT2D eigenvalue weighted by atomic mass is 10.1. The summed E-state index contributed by atoms with van der Waals surface area (Å²) in [7, 11) is 0. The molecule has 0 aromatic rings. The molecule has 76 valence electrons. The predicted molar refractivity (Wildman–Crippen MR) is 51.3 cm³/mol. The molecule has 5 heteroatoms. The van der Waals surface area contributed by atoms with Crippen molar-refractivity contribution in [2.75, 3.05) is 0 Å². The average molecular weight is 197 g/mol. The number of nitrogens with zero attached hydrogens (tertiary/aromatic N) is 1. The summed E-state index contributed by atoms with van der Waals surface area (Å²) >= 11 is 0. The second kappa shape index (κ2) is 6.59. The Hall–Kier alpha value is -1.91. The maximum Gasteiger partial charge on any atom is 0.303 e. The summed E-state index contributed by atoms with van der Waals surface area (Å²) < 4.78 is 0. The summed E-state index contributed by atoms with van der Waals surface area (Å²) in [6.07, 6.45) is 5.25. The standard InChI is InChI=1S/C9H11NO4/c1-2-3-8(4-5-9(11)12)6-7-10(13)14/h2-3,6-7H,1,4-5H2,(H,11,12)/b7-6+,8-3-. The second-order valence-corrected chi connectivity index (χ2v) is 2.47. The largest absolute Gasteiger partial charge is 0.481 e. The summed E-state index contributed by atoms with van der Waals surface area (Å²) in [5, 5.41) is 18.4. The molecule has 0 heterocycles. The van der Waals surface area contributed by atoms with Gasteiger partial charge in [0, 0.05) is 12.5 Å². The molecule has 0 aromatic heterocycles. The Morgan fingerprint density at radius 1 is 1.50 bits per heavy atom. The van der Waals surface area contributed by atoms with Crippen LogP contribution in [0.5, 0.6) is 0 Å². The first-order chi connectivity index (χ1) is 6.56. The molecule has 0 amide bonds. The monoisotopic (exact) mass is 197 g/mol. The third-order valence-electron chi connectivity index (χ3n) is 1.37. The van der Waals surface area contributed by atoms with Gasteiger partial charge in [0.15, 0.2) is 0 Å². The summed E-state index contributed by atoms with van der Waals surface area (Å²) in [4.78, 5) is 19.6. The van der Waals surface area contributed by atoms with E-state index in [1.165, 1.54) is 12.2 Å². The van der Waals surface area contributed by atoms with Crippen LogP contribution in [-0.2, 0) is 4.79 Å². The molecular formula is C9H11NO4. The zero-order chi connectivity index (χ0) is 11.0. The fourth-order valence-corrected chi connectivity index (χ4v) is 0.781. The van der Waals surface area contributed by atoms with Crippen LogP contribution in [0.1, 0.15) is 12.8 Å². The van der Waals surface area contributed by atoms with Gasteiger partial charge in [-0.3, -0.25) is 14.9 Å². The first kappa shape index (κ1) is 12.1. The van der Waals surface area contributed by atoms with Gasteiger partial charge in [-0.25, -0.2) is 0 Å². The minimum absolute atomic E-state index is 0.0538. The Balaban J connectivity index is 4.31. The Labute approximate surface area is 81.2 Å². The van der Waals surface area contributed by atoms with Crippen molar-refractivity contribution in [3.63, 3.8) is 0 Å². The molecule has 0 aliphatic rings. The van der Waals surface area contributed by atoms with E-state index in [0.29, 0.717) is 5.57 Å². The van der Waals surface area contributed by atoms with Crippen LogP contribution >= 0.6 is 0 Å². The molecule has 0 atom stereocenters. The van der Waals surface area contributed by atoms with Crippen molar-refractivity contribution < 1.29 is 14.8 Å². The fraction of sp³-hybridized carbons (Fsp3) is 0.222. The number of allylic oxidation sites excluding steroid dienone is 4. The Morgan fingerprint density at radius 3 is 2.57 bits per heavy atom. The van der Waals surface area contributed by atoms with Crippen LogP contribution in [0.15, 0.2) is 36.6 Å². The second-order valence-electron chi connectivity index (χ2n) is 2.47. The topological polar surface area (TPSA) is 80.4 Å². The minimum Gasteiger partial charge on any atom is -0.481 e. The number of carboxylic acid groups (broad SMARTS) is 1. The van der Waals surface area contributed by atoms with Crippen molar-refractivity contribution in [2.24, 2.45) is 0 Å². The number of hydrogen-bond acceptors (Lipinski definition) is 3. The maximum atomic E-state index is 10.2. The third kappa shape index (κ3) is 6.78. The quantitative estimate of drug-likeness (QED) is 0.399. The summed E-state index contributed by atoms with van der Waals surface area (Å²) in [5.74, 6) is -0.936. The molecule has 0 bridgehead atoms. The highest BCUT2D eigenvalue weighted by Crippen LogP contribution is 2.07. The highest BCUT2D eigenvalue weighted by molar-refractivity contribution is 5.67.